The zero-order chi connectivity index (χ0) is 13.6. The third-order valence-corrected chi connectivity index (χ3v) is 5.35. The topological polar surface area (TPSA) is 35.5 Å². The van der Waals surface area contributed by atoms with E-state index < -0.39 is 0 Å². The minimum absolute atomic E-state index is 0.121. The molecule has 0 aromatic carbocycles. The lowest BCUT2D eigenvalue weighted by Crippen LogP contribution is -2.47. The van der Waals surface area contributed by atoms with Crippen LogP contribution in [0.4, 0.5) is 0 Å². The van der Waals surface area contributed by atoms with E-state index in [1.54, 1.807) is 0 Å². The number of nitrogens with zero attached hydrogens (tertiary/aromatic N) is 1. The Labute approximate surface area is 113 Å². The van der Waals surface area contributed by atoms with E-state index in [0.717, 1.165) is 13.0 Å². The Morgan fingerprint density at radius 1 is 1.22 bits per heavy atom. The van der Waals surface area contributed by atoms with Crippen molar-refractivity contribution in [2.24, 2.45) is 5.41 Å². The number of piperidine rings is 1. The number of hydrogen-bond acceptors (Lipinski definition) is 3. The van der Waals surface area contributed by atoms with Gasteiger partial charge in [0.25, 0.3) is 0 Å². The molecule has 0 saturated carbocycles. The van der Waals surface area contributed by atoms with Crippen molar-refractivity contribution in [3.05, 3.63) is 0 Å². The number of nitrogens with one attached hydrogen (secondary N) is 1. The first-order valence-electron chi connectivity index (χ1n) is 7.55. The van der Waals surface area contributed by atoms with Crippen LogP contribution in [0.2, 0.25) is 0 Å². The predicted octanol–water partition coefficient (Wildman–Crippen LogP) is 2.25. The summed E-state index contributed by atoms with van der Waals surface area (Å²) in [5, 5.41) is 12.6. The molecule has 1 heterocycles. The summed E-state index contributed by atoms with van der Waals surface area (Å²) < 4.78 is 0. The van der Waals surface area contributed by atoms with E-state index in [2.05, 4.69) is 31.0 Å². The monoisotopic (exact) mass is 256 g/mol. The van der Waals surface area contributed by atoms with Gasteiger partial charge in [-0.1, -0.05) is 26.7 Å². The molecule has 1 aliphatic heterocycles. The van der Waals surface area contributed by atoms with Crippen molar-refractivity contribution in [3.8, 4) is 0 Å². The van der Waals surface area contributed by atoms with Gasteiger partial charge in [0.15, 0.2) is 0 Å². The maximum atomic E-state index is 9.39. The molecule has 0 aromatic heterocycles. The van der Waals surface area contributed by atoms with Gasteiger partial charge in [-0.15, -0.1) is 0 Å². The molecule has 1 rings (SSSR count). The first kappa shape index (κ1) is 15.9. The Bertz CT molecular complexity index is 225. The fourth-order valence-corrected chi connectivity index (χ4v) is 2.90. The van der Waals surface area contributed by atoms with Crippen molar-refractivity contribution in [3.63, 3.8) is 0 Å². The molecule has 0 radical (unpaired) electrons. The number of likely N-dealkylation sites (N-methyl/N-ethyl adjacent to an activating group) is 1. The van der Waals surface area contributed by atoms with Crippen molar-refractivity contribution in [2.45, 2.75) is 58.4 Å². The van der Waals surface area contributed by atoms with Crippen LogP contribution in [0, 0.1) is 5.41 Å². The van der Waals surface area contributed by atoms with Crippen LogP contribution < -0.4 is 5.32 Å². The molecule has 1 aliphatic rings. The van der Waals surface area contributed by atoms with Crippen LogP contribution >= 0.6 is 0 Å². The highest BCUT2D eigenvalue weighted by atomic mass is 16.3. The molecule has 0 amide bonds. The second-order valence-electron chi connectivity index (χ2n) is 6.27. The van der Waals surface area contributed by atoms with Gasteiger partial charge in [-0.05, 0) is 58.3 Å². The predicted molar refractivity (Wildman–Crippen MR) is 77.9 cm³/mol. The van der Waals surface area contributed by atoms with E-state index in [4.69, 9.17) is 0 Å². The first-order valence-corrected chi connectivity index (χ1v) is 7.55. The fraction of sp³-hybridized carbons (Fsp3) is 1.00. The molecule has 3 nitrogen and oxygen atoms in total. The van der Waals surface area contributed by atoms with E-state index in [-0.39, 0.29) is 12.1 Å². The normalized spacial score (nSPS) is 23.8. The minimum Gasteiger partial charge on any atom is -0.394 e. The van der Waals surface area contributed by atoms with E-state index in [0.29, 0.717) is 5.41 Å². The highest BCUT2D eigenvalue weighted by molar-refractivity contribution is 4.86. The molecule has 1 fully saturated rings. The molecule has 0 bridgehead atoms. The van der Waals surface area contributed by atoms with Crippen molar-refractivity contribution >= 4 is 0 Å². The third-order valence-electron chi connectivity index (χ3n) is 5.35. The quantitative estimate of drug-likeness (QED) is 0.733. The average Bonchev–Trinajstić information content (AvgIpc) is 2.45. The van der Waals surface area contributed by atoms with E-state index in [1.165, 1.54) is 38.8 Å². The zero-order valence-corrected chi connectivity index (χ0v) is 12.8. The summed E-state index contributed by atoms with van der Waals surface area (Å²) in [7, 11) is 1.94. The smallest absolute Gasteiger partial charge is 0.0610 e. The van der Waals surface area contributed by atoms with Crippen LogP contribution in [0.3, 0.4) is 0 Å². The van der Waals surface area contributed by atoms with Crippen LogP contribution in [0.1, 0.15) is 52.9 Å². The largest absolute Gasteiger partial charge is 0.394 e. The summed E-state index contributed by atoms with van der Waals surface area (Å²) in [4.78, 5) is 2.56. The van der Waals surface area contributed by atoms with E-state index in [1.807, 2.05) is 7.05 Å². The molecule has 2 N–H and O–H groups in total. The maximum absolute atomic E-state index is 9.39. The van der Waals surface area contributed by atoms with Crippen molar-refractivity contribution in [2.75, 3.05) is 33.3 Å². The summed E-state index contributed by atoms with van der Waals surface area (Å²) >= 11 is 0. The average molecular weight is 256 g/mol. The third kappa shape index (κ3) is 3.94. The van der Waals surface area contributed by atoms with Gasteiger partial charge in [0.1, 0.15) is 0 Å². The van der Waals surface area contributed by atoms with Gasteiger partial charge < -0.3 is 15.3 Å². The summed E-state index contributed by atoms with van der Waals surface area (Å²) in [5.74, 6) is 0. The fourth-order valence-electron chi connectivity index (χ4n) is 2.90. The number of aliphatic hydroxyl groups is 1. The summed E-state index contributed by atoms with van der Waals surface area (Å²) in [6.45, 7) is 10.5. The van der Waals surface area contributed by atoms with Gasteiger partial charge in [0.2, 0.25) is 0 Å². The summed E-state index contributed by atoms with van der Waals surface area (Å²) in [6, 6.07) is 0. The van der Waals surface area contributed by atoms with E-state index >= 15 is 0 Å². The molecule has 3 heteroatoms. The zero-order valence-electron chi connectivity index (χ0n) is 12.8. The van der Waals surface area contributed by atoms with Gasteiger partial charge in [-0.25, -0.2) is 0 Å². The molecule has 1 saturated heterocycles. The lowest BCUT2D eigenvalue weighted by molar-refractivity contribution is 0.0818. The number of rotatable bonds is 7. The molecular formula is C15H32N2O. The van der Waals surface area contributed by atoms with Gasteiger partial charge in [-0.2, -0.15) is 0 Å². The van der Waals surface area contributed by atoms with Gasteiger partial charge in [0.05, 0.1) is 6.61 Å². The Morgan fingerprint density at radius 2 is 1.78 bits per heavy atom. The van der Waals surface area contributed by atoms with Crippen molar-refractivity contribution < 1.29 is 5.11 Å². The molecule has 0 aliphatic carbocycles. The lowest BCUT2D eigenvalue weighted by atomic mass is 9.74. The maximum Gasteiger partial charge on any atom is 0.0610 e. The van der Waals surface area contributed by atoms with Crippen LogP contribution in [-0.2, 0) is 0 Å². The van der Waals surface area contributed by atoms with Crippen LogP contribution in [0.15, 0.2) is 0 Å². The van der Waals surface area contributed by atoms with Crippen LogP contribution in [0.25, 0.3) is 0 Å². The van der Waals surface area contributed by atoms with Crippen molar-refractivity contribution in [1.82, 2.24) is 10.2 Å². The molecule has 1 unspecified atom stereocenters. The summed E-state index contributed by atoms with van der Waals surface area (Å²) in [6.07, 6.45) is 6.35. The highest BCUT2D eigenvalue weighted by Crippen LogP contribution is 2.37. The van der Waals surface area contributed by atoms with Crippen molar-refractivity contribution in [1.29, 1.82) is 0 Å². The Hall–Kier alpha value is -0.120. The lowest BCUT2D eigenvalue weighted by Gasteiger charge is -2.42. The minimum atomic E-state index is -0.121. The van der Waals surface area contributed by atoms with Crippen LogP contribution in [0.5, 0.6) is 0 Å². The SMILES string of the molecule is CCC1(CC)CCN(CCC(C)(CO)NC)CC1. The van der Waals surface area contributed by atoms with E-state index in [9.17, 15) is 5.11 Å². The van der Waals surface area contributed by atoms with Gasteiger partial charge >= 0.3 is 0 Å². The molecule has 18 heavy (non-hydrogen) atoms. The standard InChI is InChI=1S/C15H32N2O/c1-5-15(6-2)8-11-17(12-9-15)10-7-14(3,13-18)16-4/h16,18H,5-13H2,1-4H3. The molecular weight excluding hydrogens is 224 g/mol. The number of hydrogen-bond donors (Lipinski definition) is 2. The second-order valence-corrected chi connectivity index (χ2v) is 6.27. The highest BCUT2D eigenvalue weighted by Gasteiger charge is 2.31. The van der Waals surface area contributed by atoms with Crippen LogP contribution in [-0.4, -0.2) is 48.8 Å². The molecule has 108 valence electrons. The molecule has 0 spiro atoms. The Kier molecular flexibility index (Phi) is 6.09. The molecule has 0 aromatic rings. The summed E-state index contributed by atoms with van der Waals surface area (Å²) in [5.41, 5.74) is 0.490. The molecule has 1 atom stereocenters. The van der Waals surface area contributed by atoms with Gasteiger partial charge in [0, 0.05) is 5.54 Å². The Balaban J connectivity index is 2.36. The van der Waals surface area contributed by atoms with Gasteiger partial charge in [-0.3, -0.25) is 0 Å². The second kappa shape index (κ2) is 6.88. The number of likely N-dealkylation sites (tertiary alicyclic amines) is 1. The number of aliphatic hydroxyl groups excluding tert-OH is 1. The first-order chi connectivity index (χ1) is 8.53. The Morgan fingerprint density at radius 3 is 2.17 bits per heavy atom.